The van der Waals surface area contributed by atoms with E-state index in [0.29, 0.717) is 5.69 Å². The standard InChI is InChI=1S/C66H38N6O/c1-67-42-27-30-61-51(37-42)49-18-5-9-24-59(49)72(61)45-28-32-63-55(39-45)66(52-19-11-33-68-64(52)65-53(66)20-12-34-69-65)54-36-41(26-31-62(54)73-63)40-25-29-60-50(35-40)48-17-4-8-23-58(48)71(60)44-14-10-13-43(38-44)70-56-21-6-2-15-46(56)47-16-3-7-22-57(47)70/h2-39H. The van der Waals surface area contributed by atoms with Crippen molar-refractivity contribution in [3.63, 3.8) is 0 Å². The summed E-state index contributed by atoms with van der Waals surface area (Å²) in [7, 11) is 0. The van der Waals surface area contributed by atoms with E-state index in [1.807, 2.05) is 36.7 Å². The quantitative estimate of drug-likeness (QED) is 0.165. The van der Waals surface area contributed by atoms with Crippen molar-refractivity contribution < 1.29 is 4.74 Å². The van der Waals surface area contributed by atoms with Gasteiger partial charge in [0.05, 0.1) is 56.5 Å². The number of benzene rings is 9. The Morgan fingerprint density at radius 1 is 0.356 bits per heavy atom. The molecule has 0 radical (unpaired) electrons. The minimum atomic E-state index is -0.820. The molecule has 14 aromatic rings. The smallest absolute Gasteiger partial charge is 0.188 e. The average molecular weight is 931 g/mol. The summed E-state index contributed by atoms with van der Waals surface area (Å²) in [4.78, 5) is 13.9. The van der Waals surface area contributed by atoms with Gasteiger partial charge >= 0.3 is 0 Å². The van der Waals surface area contributed by atoms with Crippen molar-refractivity contribution in [2.75, 3.05) is 0 Å². The molecule has 0 fully saturated rings. The molecule has 7 heteroatoms. The molecular formula is C66H38N6O. The van der Waals surface area contributed by atoms with Crippen LogP contribution in [0.15, 0.2) is 231 Å². The summed E-state index contributed by atoms with van der Waals surface area (Å²) < 4.78 is 14.1. The van der Waals surface area contributed by atoms with E-state index in [2.05, 4.69) is 213 Å². The monoisotopic (exact) mass is 930 g/mol. The zero-order chi connectivity index (χ0) is 47.9. The minimum absolute atomic E-state index is 0.617. The van der Waals surface area contributed by atoms with Crippen LogP contribution in [0.2, 0.25) is 0 Å². The Morgan fingerprint density at radius 3 is 1.38 bits per heavy atom. The molecule has 1 aliphatic carbocycles. The van der Waals surface area contributed by atoms with Crippen molar-refractivity contribution in [3.05, 3.63) is 264 Å². The third-order valence-electron chi connectivity index (χ3n) is 15.6. The summed E-state index contributed by atoms with van der Waals surface area (Å²) in [6.07, 6.45) is 3.73. The number of ether oxygens (including phenoxy) is 1. The van der Waals surface area contributed by atoms with E-state index in [0.717, 1.165) is 106 Å². The second-order valence-corrected chi connectivity index (χ2v) is 19.2. The van der Waals surface area contributed by atoms with Gasteiger partial charge in [0.25, 0.3) is 0 Å². The number of hydrogen-bond acceptors (Lipinski definition) is 3. The highest BCUT2D eigenvalue weighted by molar-refractivity contribution is 6.12. The Balaban J connectivity index is 0.890. The lowest BCUT2D eigenvalue weighted by atomic mass is 9.66. The number of rotatable bonds is 4. The third-order valence-corrected chi connectivity index (χ3v) is 15.6. The Labute approximate surface area is 418 Å². The predicted octanol–water partition coefficient (Wildman–Crippen LogP) is 16.5. The lowest BCUT2D eigenvalue weighted by Gasteiger charge is -2.39. The highest BCUT2D eigenvalue weighted by Crippen LogP contribution is 2.62. The first kappa shape index (κ1) is 39.8. The van der Waals surface area contributed by atoms with Crippen LogP contribution >= 0.6 is 0 Å². The maximum absolute atomic E-state index is 7.80. The molecule has 1 spiro atoms. The molecule has 0 atom stereocenters. The van der Waals surface area contributed by atoms with Gasteiger partial charge in [-0.2, -0.15) is 0 Å². The normalized spacial score (nSPS) is 13.1. The van der Waals surface area contributed by atoms with Crippen LogP contribution < -0.4 is 4.74 Å². The van der Waals surface area contributed by atoms with Crippen LogP contribution in [0.5, 0.6) is 11.5 Å². The molecule has 0 N–H and O–H groups in total. The van der Waals surface area contributed by atoms with Gasteiger partial charge in [0.2, 0.25) is 0 Å². The molecule has 73 heavy (non-hydrogen) atoms. The fourth-order valence-electron chi connectivity index (χ4n) is 12.6. The molecular weight excluding hydrogens is 893 g/mol. The number of fused-ring (bicyclic) bond motifs is 18. The third kappa shape index (κ3) is 5.36. The van der Waals surface area contributed by atoms with Crippen molar-refractivity contribution in [1.29, 1.82) is 0 Å². The minimum Gasteiger partial charge on any atom is -0.457 e. The molecule has 0 amide bonds. The van der Waals surface area contributed by atoms with Crippen LogP contribution in [0, 0.1) is 6.57 Å². The van der Waals surface area contributed by atoms with E-state index in [9.17, 15) is 0 Å². The lowest BCUT2D eigenvalue weighted by molar-refractivity contribution is 0.436. The number of hydrogen-bond donors (Lipinski definition) is 0. The van der Waals surface area contributed by atoms with Crippen molar-refractivity contribution in [2.24, 2.45) is 0 Å². The van der Waals surface area contributed by atoms with Crippen LogP contribution in [-0.4, -0.2) is 23.7 Å². The number of pyridine rings is 2. The topological polar surface area (TPSA) is 54.2 Å². The van der Waals surface area contributed by atoms with Gasteiger partial charge in [-0.05, 0) is 137 Å². The molecule has 7 nitrogen and oxygen atoms in total. The van der Waals surface area contributed by atoms with Gasteiger partial charge in [-0.1, -0.05) is 109 Å². The Morgan fingerprint density at radius 2 is 0.808 bits per heavy atom. The largest absolute Gasteiger partial charge is 0.457 e. The summed E-state index contributed by atoms with van der Waals surface area (Å²) in [6.45, 7) is 7.80. The zero-order valence-electron chi connectivity index (χ0n) is 39.0. The zero-order valence-corrected chi connectivity index (χ0v) is 39.0. The van der Waals surface area contributed by atoms with Gasteiger partial charge in [-0.15, -0.1) is 0 Å². The van der Waals surface area contributed by atoms with E-state index in [-0.39, 0.29) is 0 Å². The average Bonchev–Trinajstić information content (AvgIpc) is 4.17. The van der Waals surface area contributed by atoms with Crippen molar-refractivity contribution in [1.82, 2.24) is 23.7 Å². The molecule has 0 saturated carbocycles. The first-order chi connectivity index (χ1) is 36.2. The summed E-state index contributed by atoms with van der Waals surface area (Å²) in [6, 6.07) is 78.1. The Kier molecular flexibility index (Phi) is 8.04. The lowest BCUT2D eigenvalue weighted by Crippen LogP contribution is -2.32. The van der Waals surface area contributed by atoms with Gasteiger partial charge in [0, 0.05) is 67.5 Å². The van der Waals surface area contributed by atoms with Crippen molar-refractivity contribution >= 4 is 71.1 Å². The summed E-state index contributed by atoms with van der Waals surface area (Å²) in [5.74, 6) is 1.57. The van der Waals surface area contributed by atoms with Gasteiger partial charge < -0.3 is 18.4 Å². The molecule has 0 bridgehead atoms. The SMILES string of the molecule is [C-]#[N+]c1ccc2c(c1)c1ccccc1n2-c1ccc2c(c1)C1(c3cc(-c4ccc5c(c4)c4ccccc4n5-c4cccc(-n5c6ccccc6c6ccccc65)c4)ccc3O2)c2cccnc2-c2ncccc21. The van der Waals surface area contributed by atoms with E-state index in [1.165, 1.54) is 32.6 Å². The predicted molar refractivity (Wildman–Crippen MR) is 294 cm³/mol. The van der Waals surface area contributed by atoms with Crippen molar-refractivity contribution in [3.8, 4) is 51.1 Å². The van der Waals surface area contributed by atoms with E-state index in [4.69, 9.17) is 21.3 Å². The van der Waals surface area contributed by atoms with Gasteiger partial charge in [0.15, 0.2) is 5.69 Å². The van der Waals surface area contributed by atoms with Crippen LogP contribution in [0.3, 0.4) is 0 Å². The molecule has 6 heterocycles. The van der Waals surface area contributed by atoms with Crippen molar-refractivity contribution in [2.45, 2.75) is 5.41 Å². The Bertz CT molecular complexity index is 4660. The molecule has 0 saturated heterocycles. The van der Waals surface area contributed by atoms with Crippen LogP contribution in [0.25, 0.3) is 110 Å². The summed E-state index contributed by atoms with van der Waals surface area (Å²) in [5, 5.41) is 6.99. The molecule has 0 unspecified atom stereocenters. The molecule has 2 aliphatic rings. The van der Waals surface area contributed by atoms with Crippen LogP contribution in [-0.2, 0) is 5.41 Å². The number of para-hydroxylation sites is 4. The maximum Gasteiger partial charge on any atom is 0.188 e. The second kappa shape index (κ2) is 14.8. The van der Waals surface area contributed by atoms with E-state index in [1.54, 1.807) is 0 Å². The van der Waals surface area contributed by atoms with Crippen LogP contribution in [0.1, 0.15) is 22.3 Å². The fraction of sp³-hybridized carbons (Fsp3) is 0.0152. The Hall–Kier alpha value is -10.0. The number of aromatic nitrogens is 5. The summed E-state index contributed by atoms with van der Waals surface area (Å²) >= 11 is 0. The number of nitrogens with zero attached hydrogens (tertiary/aromatic N) is 6. The molecule has 9 aromatic carbocycles. The molecule has 1 aliphatic heterocycles. The van der Waals surface area contributed by atoms with E-state index < -0.39 is 5.41 Å². The van der Waals surface area contributed by atoms with Gasteiger partial charge in [0.1, 0.15) is 11.5 Å². The first-order valence-corrected chi connectivity index (χ1v) is 24.6. The summed E-state index contributed by atoms with van der Waals surface area (Å²) in [5.41, 5.74) is 17.8. The van der Waals surface area contributed by atoms with Gasteiger partial charge in [-0.3, -0.25) is 9.97 Å². The molecule has 338 valence electrons. The highest BCUT2D eigenvalue weighted by Gasteiger charge is 2.52. The highest BCUT2D eigenvalue weighted by atomic mass is 16.5. The maximum atomic E-state index is 7.80. The van der Waals surface area contributed by atoms with Crippen LogP contribution in [0.4, 0.5) is 5.69 Å². The van der Waals surface area contributed by atoms with Gasteiger partial charge in [-0.25, -0.2) is 4.85 Å². The first-order valence-electron chi connectivity index (χ1n) is 24.6. The molecule has 16 rings (SSSR count). The second-order valence-electron chi connectivity index (χ2n) is 19.2. The molecule has 5 aromatic heterocycles. The van der Waals surface area contributed by atoms with E-state index >= 15 is 0 Å². The fourth-order valence-corrected chi connectivity index (χ4v) is 12.6.